The summed E-state index contributed by atoms with van der Waals surface area (Å²) in [5, 5.41) is 0. The van der Waals surface area contributed by atoms with Gasteiger partial charge in [0.05, 0.1) is 7.11 Å². The molecule has 1 aliphatic carbocycles. The van der Waals surface area contributed by atoms with Gasteiger partial charge in [-0.05, 0) is 18.9 Å². The second kappa shape index (κ2) is 5.37. The van der Waals surface area contributed by atoms with Crippen LogP contribution >= 0.6 is 0 Å². The van der Waals surface area contributed by atoms with Gasteiger partial charge in [0.2, 0.25) is 0 Å². The fraction of sp³-hybridized carbons (Fsp3) is 0.368. The topological polar surface area (TPSA) is 74.7 Å². The quantitative estimate of drug-likeness (QED) is 0.794. The molecule has 6 nitrogen and oxygen atoms in total. The molecule has 0 saturated heterocycles. The lowest BCUT2D eigenvalue weighted by Crippen LogP contribution is -2.12. The van der Waals surface area contributed by atoms with E-state index < -0.39 is 0 Å². The lowest BCUT2D eigenvalue weighted by Gasteiger charge is -2.23. The number of ether oxygens (including phenoxy) is 2. The van der Waals surface area contributed by atoms with Crippen molar-refractivity contribution in [2.24, 2.45) is 0 Å². The van der Waals surface area contributed by atoms with Crippen molar-refractivity contribution in [1.82, 2.24) is 14.4 Å². The van der Waals surface area contributed by atoms with Crippen LogP contribution in [0.4, 0.5) is 5.82 Å². The van der Waals surface area contributed by atoms with E-state index in [4.69, 9.17) is 20.2 Å². The summed E-state index contributed by atoms with van der Waals surface area (Å²) in [5.74, 6) is 3.65. The molecule has 0 bridgehead atoms. The minimum Gasteiger partial charge on any atom is -0.493 e. The van der Waals surface area contributed by atoms with E-state index >= 15 is 0 Å². The first-order valence-corrected chi connectivity index (χ1v) is 8.71. The Balaban J connectivity index is 1.62. The Morgan fingerprint density at radius 2 is 2.20 bits per heavy atom. The predicted octanol–water partition coefficient (Wildman–Crippen LogP) is 3.26. The maximum atomic E-state index is 6.24. The lowest BCUT2D eigenvalue weighted by atomic mass is 9.85. The molecule has 3 aromatic rings. The van der Waals surface area contributed by atoms with E-state index in [0.29, 0.717) is 11.7 Å². The van der Waals surface area contributed by atoms with Crippen molar-refractivity contribution in [3.63, 3.8) is 0 Å². The molecule has 2 aromatic heterocycles. The monoisotopic (exact) mass is 336 g/mol. The molecule has 25 heavy (non-hydrogen) atoms. The third-order valence-electron chi connectivity index (χ3n) is 5.36. The summed E-state index contributed by atoms with van der Waals surface area (Å²) in [6.07, 6.45) is 7.92. The Kier molecular flexibility index (Phi) is 3.13. The summed E-state index contributed by atoms with van der Waals surface area (Å²) in [4.78, 5) is 9.25. The minimum atomic E-state index is -0.165. The van der Waals surface area contributed by atoms with Gasteiger partial charge in [-0.25, -0.2) is 9.97 Å². The summed E-state index contributed by atoms with van der Waals surface area (Å²) in [6, 6.07) is 5.98. The van der Waals surface area contributed by atoms with Gasteiger partial charge < -0.3 is 15.2 Å². The van der Waals surface area contributed by atoms with Gasteiger partial charge in [0, 0.05) is 30.3 Å². The predicted molar refractivity (Wildman–Crippen MR) is 94.1 cm³/mol. The van der Waals surface area contributed by atoms with Crippen molar-refractivity contribution in [2.45, 2.75) is 37.7 Å². The van der Waals surface area contributed by atoms with E-state index in [-0.39, 0.29) is 6.10 Å². The minimum absolute atomic E-state index is 0.165. The third kappa shape index (κ3) is 2.10. The van der Waals surface area contributed by atoms with Gasteiger partial charge >= 0.3 is 0 Å². The van der Waals surface area contributed by atoms with Crippen LogP contribution in [0.2, 0.25) is 0 Å². The Hall–Kier alpha value is -2.76. The molecule has 6 heteroatoms. The van der Waals surface area contributed by atoms with Gasteiger partial charge in [-0.15, -0.1) is 0 Å². The average molecular weight is 336 g/mol. The van der Waals surface area contributed by atoms with Crippen LogP contribution in [0.15, 0.2) is 30.6 Å². The maximum Gasteiger partial charge on any atom is 0.165 e. The highest BCUT2D eigenvalue weighted by molar-refractivity contribution is 5.70. The van der Waals surface area contributed by atoms with Crippen LogP contribution in [0, 0.1) is 0 Å². The highest BCUT2D eigenvalue weighted by atomic mass is 16.5. The molecule has 3 heterocycles. The molecule has 0 spiro atoms. The Morgan fingerprint density at radius 1 is 1.32 bits per heavy atom. The molecule has 2 N–H and O–H groups in total. The van der Waals surface area contributed by atoms with E-state index in [1.807, 2.05) is 18.3 Å². The molecule has 1 atom stereocenters. The molecule has 1 saturated carbocycles. The Morgan fingerprint density at radius 3 is 2.96 bits per heavy atom. The van der Waals surface area contributed by atoms with Crippen molar-refractivity contribution >= 4 is 11.3 Å². The van der Waals surface area contributed by atoms with E-state index in [0.717, 1.165) is 40.5 Å². The van der Waals surface area contributed by atoms with E-state index in [1.165, 1.54) is 19.3 Å². The van der Waals surface area contributed by atoms with Crippen molar-refractivity contribution in [1.29, 1.82) is 0 Å². The zero-order chi connectivity index (χ0) is 17.0. The number of imidazole rings is 1. The van der Waals surface area contributed by atoms with Crippen LogP contribution in [0.5, 0.6) is 11.5 Å². The number of hydrogen-bond donors (Lipinski definition) is 1. The summed E-state index contributed by atoms with van der Waals surface area (Å²) in [5.41, 5.74) is 9.10. The van der Waals surface area contributed by atoms with Crippen LogP contribution in [0.3, 0.4) is 0 Å². The summed E-state index contributed by atoms with van der Waals surface area (Å²) >= 11 is 0. The number of nitrogens with two attached hydrogens (primary N) is 1. The number of nitrogen functional groups attached to an aromatic ring is 1. The number of methoxy groups -OCH3 is 1. The molecule has 0 radical (unpaired) electrons. The summed E-state index contributed by atoms with van der Waals surface area (Å²) < 4.78 is 13.8. The molecule has 1 fully saturated rings. The normalized spacial score (nSPS) is 19.5. The van der Waals surface area contributed by atoms with E-state index in [1.54, 1.807) is 13.3 Å². The molecular weight excluding hydrogens is 316 g/mol. The third-order valence-corrected chi connectivity index (χ3v) is 5.36. The second-order valence-electron chi connectivity index (χ2n) is 6.77. The van der Waals surface area contributed by atoms with Gasteiger partial charge in [0.1, 0.15) is 29.0 Å². The van der Waals surface area contributed by atoms with Crippen LogP contribution in [0.1, 0.15) is 48.4 Å². The first kappa shape index (κ1) is 14.6. The van der Waals surface area contributed by atoms with Gasteiger partial charge in [-0.3, -0.25) is 4.40 Å². The van der Waals surface area contributed by atoms with Crippen LogP contribution < -0.4 is 15.2 Å². The first-order chi connectivity index (χ1) is 12.3. The highest BCUT2D eigenvalue weighted by Crippen LogP contribution is 2.45. The Bertz CT molecular complexity index is 961. The van der Waals surface area contributed by atoms with Crippen molar-refractivity contribution in [3.05, 3.63) is 47.7 Å². The molecule has 0 amide bonds. The number of nitrogens with zero attached hydrogens (tertiary/aromatic N) is 3. The number of fused-ring (bicyclic) bond motifs is 2. The Labute approximate surface area is 145 Å². The zero-order valence-electron chi connectivity index (χ0n) is 14.1. The van der Waals surface area contributed by atoms with Crippen molar-refractivity contribution in [2.75, 3.05) is 12.8 Å². The van der Waals surface area contributed by atoms with E-state index in [9.17, 15) is 0 Å². The smallest absolute Gasteiger partial charge is 0.165 e. The molecule has 128 valence electrons. The number of hydrogen-bond acceptors (Lipinski definition) is 5. The number of benzene rings is 1. The SMILES string of the molecule is COc1cccc2c1OC(c1nc(C3CCC3)n3ccnc(N)c13)C2. The number of aromatic nitrogens is 3. The molecular formula is C19H20N4O2. The molecule has 1 unspecified atom stereocenters. The fourth-order valence-corrected chi connectivity index (χ4v) is 3.85. The maximum absolute atomic E-state index is 6.24. The average Bonchev–Trinajstić information content (AvgIpc) is 3.16. The van der Waals surface area contributed by atoms with Gasteiger partial charge in [-0.2, -0.15) is 0 Å². The van der Waals surface area contributed by atoms with Gasteiger partial charge in [0.25, 0.3) is 0 Å². The van der Waals surface area contributed by atoms with Gasteiger partial charge in [0.15, 0.2) is 11.5 Å². The van der Waals surface area contributed by atoms with Crippen LogP contribution in [-0.2, 0) is 6.42 Å². The van der Waals surface area contributed by atoms with Crippen LogP contribution in [0.25, 0.3) is 5.52 Å². The largest absolute Gasteiger partial charge is 0.493 e. The second-order valence-corrected chi connectivity index (χ2v) is 6.77. The standard InChI is InChI=1S/C19H20N4O2/c1-24-13-7-3-6-12-10-14(25-17(12)13)15-16-18(20)21-8-9-23(16)19(22-15)11-4-2-5-11/h3,6-9,11,14H,2,4-5,10H2,1H3,(H2,20,21). The van der Waals surface area contributed by atoms with Crippen molar-refractivity contribution in [3.8, 4) is 11.5 Å². The van der Waals surface area contributed by atoms with Crippen molar-refractivity contribution < 1.29 is 9.47 Å². The summed E-state index contributed by atoms with van der Waals surface area (Å²) in [6.45, 7) is 0. The highest BCUT2D eigenvalue weighted by Gasteiger charge is 2.34. The molecule has 1 aromatic carbocycles. The van der Waals surface area contributed by atoms with Crippen LogP contribution in [-0.4, -0.2) is 21.5 Å². The fourth-order valence-electron chi connectivity index (χ4n) is 3.85. The van der Waals surface area contributed by atoms with Gasteiger partial charge in [-0.1, -0.05) is 18.6 Å². The molecule has 2 aliphatic rings. The number of para-hydroxylation sites is 1. The zero-order valence-corrected chi connectivity index (χ0v) is 14.1. The lowest BCUT2D eigenvalue weighted by molar-refractivity contribution is 0.225. The molecule has 1 aliphatic heterocycles. The summed E-state index contributed by atoms with van der Waals surface area (Å²) in [7, 11) is 1.66. The molecule has 5 rings (SSSR count). The first-order valence-electron chi connectivity index (χ1n) is 8.71. The number of anilines is 1. The van der Waals surface area contributed by atoms with E-state index in [2.05, 4.69) is 15.5 Å². The number of rotatable bonds is 3.